The van der Waals surface area contributed by atoms with Crippen LogP contribution in [0.3, 0.4) is 0 Å². The molecule has 4 heteroatoms. The summed E-state index contributed by atoms with van der Waals surface area (Å²) in [6, 6.07) is 7.07. The van der Waals surface area contributed by atoms with Gasteiger partial charge >= 0.3 is 0 Å². The fourth-order valence-corrected chi connectivity index (χ4v) is 3.45. The van der Waals surface area contributed by atoms with Crippen molar-refractivity contribution in [3.8, 4) is 0 Å². The second kappa shape index (κ2) is 4.76. The van der Waals surface area contributed by atoms with Crippen LogP contribution < -0.4 is 0 Å². The molecule has 90 valence electrons. The van der Waals surface area contributed by atoms with Crippen molar-refractivity contribution in [2.75, 3.05) is 0 Å². The Bertz CT molecular complexity index is 544. The summed E-state index contributed by atoms with van der Waals surface area (Å²) in [6.07, 6.45) is 5.19. The average molecular weight is 361 g/mol. The third-order valence-electron chi connectivity index (χ3n) is 3.53. The van der Waals surface area contributed by atoms with E-state index in [0.717, 1.165) is 11.3 Å². The van der Waals surface area contributed by atoms with Crippen LogP contribution in [0.4, 0.5) is 0 Å². The first kappa shape index (κ1) is 11.8. The molecule has 1 aliphatic rings. The van der Waals surface area contributed by atoms with Gasteiger partial charge in [-0.3, -0.25) is 0 Å². The van der Waals surface area contributed by atoms with Crippen molar-refractivity contribution < 1.29 is 0 Å². The molecule has 1 heterocycles. The maximum absolute atomic E-state index is 6.04. The number of rotatable bonds is 2. The van der Waals surface area contributed by atoms with E-state index in [1.54, 1.807) is 0 Å². The first-order valence-corrected chi connectivity index (χ1v) is 7.63. The van der Waals surface area contributed by atoms with E-state index in [9.17, 15) is 0 Å². The van der Waals surface area contributed by atoms with Crippen molar-refractivity contribution >= 4 is 45.2 Å². The zero-order chi connectivity index (χ0) is 11.8. The van der Waals surface area contributed by atoms with E-state index < -0.39 is 0 Å². The average Bonchev–Trinajstić information content (AvgIpc) is 2.93. The Balaban J connectivity index is 2.19. The molecular weight excluding hydrogens is 347 g/mol. The van der Waals surface area contributed by atoms with Crippen molar-refractivity contribution in [2.45, 2.75) is 37.6 Å². The van der Waals surface area contributed by atoms with Crippen LogP contribution in [-0.2, 0) is 5.88 Å². The summed E-state index contributed by atoms with van der Waals surface area (Å²) in [5, 5.41) is 0. The van der Waals surface area contributed by atoms with E-state index in [-0.39, 0.29) is 0 Å². The molecule has 2 aromatic rings. The number of benzene rings is 1. The molecule has 0 radical (unpaired) electrons. The fraction of sp³-hybridized carbons (Fsp3) is 0.462. The predicted molar refractivity (Wildman–Crippen MR) is 79.5 cm³/mol. The zero-order valence-electron chi connectivity index (χ0n) is 9.50. The van der Waals surface area contributed by atoms with Crippen LogP contribution in [-0.4, -0.2) is 9.55 Å². The van der Waals surface area contributed by atoms with Gasteiger partial charge in [0.2, 0.25) is 0 Å². The fourth-order valence-electron chi connectivity index (χ4n) is 2.79. The lowest BCUT2D eigenvalue weighted by molar-refractivity contribution is 0.518. The van der Waals surface area contributed by atoms with E-state index in [1.165, 1.54) is 34.8 Å². The van der Waals surface area contributed by atoms with Crippen LogP contribution in [0, 0.1) is 3.57 Å². The lowest BCUT2D eigenvalue weighted by Gasteiger charge is -2.15. The van der Waals surface area contributed by atoms with Gasteiger partial charge in [-0.15, -0.1) is 11.6 Å². The van der Waals surface area contributed by atoms with E-state index in [1.807, 2.05) is 0 Å². The van der Waals surface area contributed by atoms with Gasteiger partial charge in [0, 0.05) is 9.61 Å². The van der Waals surface area contributed by atoms with E-state index >= 15 is 0 Å². The van der Waals surface area contributed by atoms with Crippen molar-refractivity contribution in [1.82, 2.24) is 9.55 Å². The standard InChI is InChI=1S/C13H14ClIN2/c14-8-13-16-11-7-9(15)5-6-12(11)17(13)10-3-1-2-4-10/h5-7,10H,1-4,8H2. The summed E-state index contributed by atoms with van der Waals surface area (Å²) in [7, 11) is 0. The molecule has 1 aromatic carbocycles. The van der Waals surface area contributed by atoms with E-state index in [4.69, 9.17) is 11.6 Å². The normalized spacial score (nSPS) is 17.1. The van der Waals surface area contributed by atoms with Gasteiger partial charge < -0.3 is 4.57 Å². The minimum atomic E-state index is 0.502. The van der Waals surface area contributed by atoms with Gasteiger partial charge in [-0.25, -0.2) is 4.98 Å². The zero-order valence-corrected chi connectivity index (χ0v) is 12.4. The van der Waals surface area contributed by atoms with E-state index in [0.29, 0.717) is 11.9 Å². The minimum absolute atomic E-state index is 0.502. The Kier molecular flexibility index (Phi) is 3.30. The molecule has 0 spiro atoms. The van der Waals surface area contributed by atoms with Crippen LogP contribution in [0.2, 0.25) is 0 Å². The largest absolute Gasteiger partial charge is 0.324 e. The molecule has 17 heavy (non-hydrogen) atoms. The van der Waals surface area contributed by atoms with Gasteiger partial charge in [0.1, 0.15) is 5.82 Å². The van der Waals surface area contributed by atoms with Crippen LogP contribution in [0.25, 0.3) is 11.0 Å². The topological polar surface area (TPSA) is 17.8 Å². The summed E-state index contributed by atoms with van der Waals surface area (Å²) in [6.45, 7) is 0. The molecular formula is C13H14ClIN2. The van der Waals surface area contributed by atoms with Gasteiger partial charge in [-0.1, -0.05) is 12.8 Å². The van der Waals surface area contributed by atoms with Crippen molar-refractivity contribution in [3.05, 3.63) is 27.6 Å². The maximum Gasteiger partial charge on any atom is 0.125 e. The third kappa shape index (κ3) is 2.08. The third-order valence-corrected chi connectivity index (χ3v) is 4.44. The number of alkyl halides is 1. The molecule has 0 saturated heterocycles. The second-order valence-electron chi connectivity index (χ2n) is 4.60. The number of aromatic nitrogens is 2. The van der Waals surface area contributed by atoms with Crippen LogP contribution >= 0.6 is 34.2 Å². The SMILES string of the molecule is ClCc1nc2cc(I)ccc2n1C1CCCC1. The predicted octanol–water partition coefficient (Wildman–Crippen LogP) is 4.49. The highest BCUT2D eigenvalue weighted by Crippen LogP contribution is 2.34. The molecule has 3 rings (SSSR count). The summed E-state index contributed by atoms with van der Waals surface area (Å²) < 4.78 is 3.60. The number of halogens is 2. The minimum Gasteiger partial charge on any atom is -0.324 e. The quantitative estimate of drug-likeness (QED) is 0.570. The smallest absolute Gasteiger partial charge is 0.125 e. The Hall–Kier alpha value is -0.290. The van der Waals surface area contributed by atoms with Gasteiger partial charge in [0.05, 0.1) is 16.9 Å². The van der Waals surface area contributed by atoms with Crippen LogP contribution in [0.5, 0.6) is 0 Å². The Labute approximate surface area is 120 Å². The number of hydrogen-bond acceptors (Lipinski definition) is 1. The summed E-state index contributed by atoms with van der Waals surface area (Å²) >= 11 is 8.36. The summed E-state index contributed by atoms with van der Waals surface area (Å²) in [4.78, 5) is 4.66. The second-order valence-corrected chi connectivity index (χ2v) is 6.12. The summed E-state index contributed by atoms with van der Waals surface area (Å²) in [5.74, 6) is 1.53. The molecule has 0 unspecified atom stereocenters. The van der Waals surface area contributed by atoms with E-state index in [2.05, 4.69) is 50.3 Å². The monoisotopic (exact) mass is 360 g/mol. The highest BCUT2D eigenvalue weighted by Gasteiger charge is 2.22. The Morgan fingerprint density at radius 3 is 2.82 bits per heavy atom. The highest BCUT2D eigenvalue weighted by atomic mass is 127. The number of fused-ring (bicyclic) bond motifs is 1. The highest BCUT2D eigenvalue weighted by molar-refractivity contribution is 14.1. The molecule has 0 N–H and O–H groups in total. The Morgan fingerprint density at radius 2 is 2.12 bits per heavy atom. The Morgan fingerprint density at radius 1 is 1.35 bits per heavy atom. The van der Waals surface area contributed by atoms with Crippen molar-refractivity contribution in [3.63, 3.8) is 0 Å². The first-order chi connectivity index (χ1) is 8.29. The van der Waals surface area contributed by atoms with Gasteiger partial charge in [-0.2, -0.15) is 0 Å². The molecule has 1 fully saturated rings. The summed E-state index contributed by atoms with van der Waals surface area (Å²) in [5.41, 5.74) is 2.33. The molecule has 0 bridgehead atoms. The molecule has 0 aliphatic heterocycles. The number of hydrogen-bond donors (Lipinski definition) is 0. The molecule has 0 atom stereocenters. The van der Waals surface area contributed by atoms with Crippen molar-refractivity contribution in [1.29, 1.82) is 0 Å². The lowest BCUT2D eigenvalue weighted by Crippen LogP contribution is -2.07. The number of nitrogens with zero attached hydrogens (tertiary/aromatic N) is 2. The maximum atomic E-state index is 6.04. The molecule has 1 aliphatic carbocycles. The lowest BCUT2D eigenvalue weighted by atomic mass is 10.2. The molecule has 0 amide bonds. The van der Waals surface area contributed by atoms with Gasteiger partial charge in [0.15, 0.2) is 0 Å². The van der Waals surface area contributed by atoms with Crippen LogP contribution in [0.15, 0.2) is 18.2 Å². The molecule has 2 nitrogen and oxygen atoms in total. The van der Waals surface area contributed by atoms with Gasteiger partial charge in [0.25, 0.3) is 0 Å². The number of imidazole rings is 1. The van der Waals surface area contributed by atoms with Gasteiger partial charge in [-0.05, 0) is 53.6 Å². The molecule has 1 aromatic heterocycles. The first-order valence-electron chi connectivity index (χ1n) is 6.02. The van der Waals surface area contributed by atoms with Crippen LogP contribution in [0.1, 0.15) is 37.5 Å². The molecule has 1 saturated carbocycles. The van der Waals surface area contributed by atoms with Crippen molar-refractivity contribution in [2.24, 2.45) is 0 Å².